The zero-order valence-corrected chi connectivity index (χ0v) is 11.5. The summed E-state index contributed by atoms with van der Waals surface area (Å²) in [5.74, 6) is 0.724. The topological polar surface area (TPSA) is 49.8 Å². The maximum atomic E-state index is 11.0. The number of carboxylic acids is 1. The summed E-state index contributed by atoms with van der Waals surface area (Å²) in [4.78, 5) is 13.4. The van der Waals surface area contributed by atoms with E-state index in [1.54, 1.807) is 0 Å². The van der Waals surface area contributed by atoms with Crippen LogP contribution in [-0.4, -0.2) is 47.8 Å². The van der Waals surface area contributed by atoms with Gasteiger partial charge in [0, 0.05) is 18.6 Å². The van der Waals surface area contributed by atoms with Crippen LogP contribution < -0.4 is 0 Å². The van der Waals surface area contributed by atoms with Crippen LogP contribution in [0.5, 0.6) is 0 Å². The van der Waals surface area contributed by atoms with Crippen LogP contribution in [0.3, 0.4) is 0 Å². The van der Waals surface area contributed by atoms with Crippen molar-refractivity contribution in [3.05, 3.63) is 0 Å². The highest BCUT2D eigenvalue weighted by molar-refractivity contribution is 5.67. The summed E-state index contributed by atoms with van der Waals surface area (Å²) in [5.41, 5.74) is 0. The molecule has 104 valence electrons. The van der Waals surface area contributed by atoms with Crippen LogP contribution in [0.2, 0.25) is 0 Å². The van der Waals surface area contributed by atoms with Gasteiger partial charge in [0.25, 0.3) is 0 Å². The Morgan fingerprint density at radius 3 is 2.89 bits per heavy atom. The number of morpholine rings is 1. The summed E-state index contributed by atoms with van der Waals surface area (Å²) in [6, 6.07) is 0.607. The summed E-state index contributed by atoms with van der Waals surface area (Å²) >= 11 is 0. The molecule has 0 radical (unpaired) electrons. The second-order valence-corrected chi connectivity index (χ2v) is 6.03. The highest BCUT2D eigenvalue weighted by Crippen LogP contribution is 2.33. The van der Waals surface area contributed by atoms with E-state index in [9.17, 15) is 4.79 Å². The van der Waals surface area contributed by atoms with Gasteiger partial charge in [-0.05, 0) is 24.7 Å². The molecule has 0 aromatic heterocycles. The van der Waals surface area contributed by atoms with E-state index in [1.165, 1.54) is 19.3 Å². The first-order valence-corrected chi connectivity index (χ1v) is 7.13. The molecule has 1 saturated heterocycles. The molecule has 4 atom stereocenters. The van der Waals surface area contributed by atoms with Gasteiger partial charge in [0.2, 0.25) is 0 Å². The highest BCUT2D eigenvalue weighted by atomic mass is 16.5. The van der Waals surface area contributed by atoms with Crippen molar-refractivity contribution in [2.75, 3.05) is 19.8 Å². The fraction of sp³-hybridized carbons (Fsp3) is 0.929. The van der Waals surface area contributed by atoms with E-state index < -0.39 is 5.97 Å². The molecule has 4 unspecified atom stereocenters. The molecule has 4 heteroatoms. The average molecular weight is 255 g/mol. The predicted molar refractivity (Wildman–Crippen MR) is 69.5 cm³/mol. The molecule has 0 aromatic carbocycles. The van der Waals surface area contributed by atoms with Gasteiger partial charge in [-0.1, -0.05) is 20.3 Å². The van der Waals surface area contributed by atoms with Crippen molar-refractivity contribution < 1.29 is 14.6 Å². The molecule has 1 aliphatic heterocycles. The van der Waals surface area contributed by atoms with Gasteiger partial charge in [0.15, 0.2) is 0 Å². The van der Waals surface area contributed by atoms with E-state index in [1.807, 2.05) is 0 Å². The van der Waals surface area contributed by atoms with Gasteiger partial charge in [-0.3, -0.25) is 9.69 Å². The SMILES string of the molecule is CC1CCC(C)C(N2CCOCC2CC(=O)O)C1. The third kappa shape index (κ3) is 3.23. The third-order valence-electron chi connectivity index (χ3n) is 4.52. The fourth-order valence-electron chi connectivity index (χ4n) is 3.45. The van der Waals surface area contributed by atoms with E-state index in [4.69, 9.17) is 9.84 Å². The van der Waals surface area contributed by atoms with Gasteiger partial charge >= 0.3 is 5.97 Å². The number of nitrogens with zero attached hydrogens (tertiary/aromatic N) is 1. The minimum atomic E-state index is -0.716. The Morgan fingerprint density at radius 2 is 2.17 bits per heavy atom. The van der Waals surface area contributed by atoms with Crippen LogP contribution in [0.1, 0.15) is 39.5 Å². The van der Waals surface area contributed by atoms with E-state index in [0.29, 0.717) is 18.6 Å². The van der Waals surface area contributed by atoms with Gasteiger partial charge in [-0.2, -0.15) is 0 Å². The van der Waals surface area contributed by atoms with Crippen LogP contribution in [0.4, 0.5) is 0 Å². The summed E-state index contributed by atoms with van der Waals surface area (Å²) in [7, 11) is 0. The maximum absolute atomic E-state index is 11.0. The number of hydrogen-bond acceptors (Lipinski definition) is 3. The summed E-state index contributed by atoms with van der Waals surface area (Å²) < 4.78 is 5.46. The Balaban J connectivity index is 2.04. The Hall–Kier alpha value is -0.610. The number of rotatable bonds is 3. The second-order valence-electron chi connectivity index (χ2n) is 6.03. The number of aliphatic carboxylic acids is 1. The average Bonchev–Trinajstić information content (AvgIpc) is 2.32. The number of carboxylic acid groups (broad SMARTS) is 1. The maximum Gasteiger partial charge on any atom is 0.305 e. The van der Waals surface area contributed by atoms with Crippen molar-refractivity contribution in [3.63, 3.8) is 0 Å². The van der Waals surface area contributed by atoms with Crippen molar-refractivity contribution in [1.82, 2.24) is 4.90 Å². The standard InChI is InChI=1S/C14H25NO3/c1-10-3-4-11(2)13(7-10)15-5-6-18-9-12(15)8-14(16)17/h10-13H,3-9H2,1-2H3,(H,16,17). The smallest absolute Gasteiger partial charge is 0.305 e. The Kier molecular flexibility index (Phi) is 4.62. The molecule has 1 aliphatic carbocycles. The molecule has 18 heavy (non-hydrogen) atoms. The molecule has 2 aliphatic rings. The number of hydrogen-bond donors (Lipinski definition) is 1. The molecule has 2 rings (SSSR count). The molecule has 4 nitrogen and oxygen atoms in total. The minimum absolute atomic E-state index is 0.0639. The summed E-state index contributed by atoms with van der Waals surface area (Å²) in [5, 5.41) is 9.02. The first kappa shape index (κ1) is 13.8. The van der Waals surface area contributed by atoms with Crippen molar-refractivity contribution in [2.45, 2.75) is 51.6 Å². The van der Waals surface area contributed by atoms with Crippen molar-refractivity contribution in [2.24, 2.45) is 11.8 Å². The third-order valence-corrected chi connectivity index (χ3v) is 4.52. The van der Waals surface area contributed by atoms with Gasteiger partial charge in [-0.25, -0.2) is 0 Å². The molecule has 1 saturated carbocycles. The van der Waals surface area contributed by atoms with Gasteiger partial charge in [0.05, 0.1) is 19.6 Å². The monoisotopic (exact) mass is 255 g/mol. The number of carbonyl (C=O) groups is 1. The van der Waals surface area contributed by atoms with E-state index >= 15 is 0 Å². The quantitative estimate of drug-likeness (QED) is 0.838. The molecular weight excluding hydrogens is 230 g/mol. The van der Waals surface area contributed by atoms with Crippen LogP contribution >= 0.6 is 0 Å². The summed E-state index contributed by atoms with van der Waals surface area (Å²) in [6.45, 7) is 6.83. The van der Waals surface area contributed by atoms with Crippen LogP contribution in [0, 0.1) is 11.8 Å². The zero-order valence-electron chi connectivity index (χ0n) is 11.5. The molecule has 2 fully saturated rings. The number of ether oxygens (including phenoxy) is 1. The first-order valence-electron chi connectivity index (χ1n) is 7.13. The molecule has 0 bridgehead atoms. The van der Waals surface area contributed by atoms with Crippen LogP contribution in [0.15, 0.2) is 0 Å². The first-order chi connectivity index (χ1) is 8.58. The van der Waals surface area contributed by atoms with Crippen molar-refractivity contribution >= 4 is 5.97 Å². The molecule has 1 N–H and O–H groups in total. The molecule has 0 aromatic rings. The Morgan fingerprint density at radius 1 is 1.39 bits per heavy atom. The molecular formula is C14H25NO3. The lowest BCUT2D eigenvalue weighted by molar-refractivity contribution is -0.141. The molecule has 0 amide bonds. The lowest BCUT2D eigenvalue weighted by atomic mass is 9.78. The zero-order chi connectivity index (χ0) is 13.1. The summed E-state index contributed by atoms with van der Waals surface area (Å²) in [6.07, 6.45) is 3.99. The fourth-order valence-corrected chi connectivity index (χ4v) is 3.45. The van der Waals surface area contributed by atoms with E-state index in [0.717, 1.165) is 19.1 Å². The highest BCUT2D eigenvalue weighted by Gasteiger charge is 2.36. The Labute approximate surface area is 109 Å². The van der Waals surface area contributed by atoms with E-state index in [-0.39, 0.29) is 12.5 Å². The van der Waals surface area contributed by atoms with Crippen LogP contribution in [0.25, 0.3) is 0 Å². The van der Waals surface area contributed by atoms with Gasteiger partial charge < -0.3 is 9.84 Å². The Bertz CT molecular complexity index is 295. The molecule has 0 spiro atoms. The lowest BCUT2D eigenvalue weighted by Crippen LogP contribution is -2.54. The lowest BCUT2D eigenvalue weighted by Gasteiger charge is -2.46. The van der Waals surface area contributed by atoms with Crippen molar-refractivity contribution in [1.29, 1.82) is 0 Å². The minimum Gasteiger partial charge on any atom is -0.481 e. The van der Waals surface area contributed by atoms with Gasteiger partial charge in [0.1, 0.15) is 0 Å². The second kappa shape index (κ2) is 6.02. The predicted octanol–water partition coefficient (Wildman–Crippen LogP) is 1.99. The van der Waals surface area contributed by atoms with Gasteiger partial charge in [-0.15, -0.1) is 0 Å². The normalized spacial score (nSPS) is 38.6. The molecule has 1 heterocycles. The van der Waals surface area contributed by atoms with Crippen LogP contribution in [-0.2, 0) is 9.53 Å². The van der Waals surface area contributed by atoms with Crippen molar-refractivity contribution in [3.8, 4) is 0 Å². The largest absolute Gasteiger partial charge is 0.481 e. The van der Waals surface area contributed by atoms with E-state index in [2.05, 4.69) is 18.7 Å².